The number of aliphatic hydroxyl groups excluding tert-OH is 5. The molecule has 12 nitrogen and oxygen atoms in total. The maximum Gasteiger partial charge on any atom is 0.472 e. The first-order valence-corrected chi connectivity index (χ1v) is 26.0. The average Bonchev–Trinajstić information content (AvgIpc) is 3.23. The molecule has 0 saturated heterocycles. The molecule has 6 N–H and O–H groups in total. The van der Waals surface area contributed by atoms with Crippen LogP contribution in [0.2, 0.25) is 0 Å². The molecule has 1 aliphatic rings. The van der Waals surface area contributed by atoms with Crippen LogP contribution >= 0.6 is 7.82 Å². The molecule has 1 saturated carbocycles. The summed E-state index contributed by atoms with van der Waals surface area (Å²) in [6.07, 6.45) is 29.9. The van der Waals surface area contributed by atoms with E-state index in [4.69, 9.17) is 18.5 Å². The van der Waals surface area contributed by atoms with E-state index in [2.05, 4.69) is 26.0 Å². The number of carbonyl (C=O) groups is 1. The second-order valence-corrected chi connectivity index (χ2v) is 18.7. The van der Waals surface area contributed by atoms with E-state index in [0.29, 0.717) is 13.0 Å². The number of carbonyl (C=O) groups excluding carboxylic acids is 1. The standard InChI is InChI=1S/C47H91O12P/c1-3-5-7-9-11-13-15-17-19-20-21-22-23-24-26-28-30-32-34-36-41(48)58-40(38-56-37-35-33-31-29-27-25-18-16-14-12-10-8-6-4-2)39-57-60(54,55)59-47-45(52)43(50)42(49)44(51)46(47)53/h14,16,40,42-47,49-53H,3-13,15,17-39H2,1-2H3,(H,54,55)/b16-14-. The lowest BCUT2D eigenvalue weighted by Gasteiger charge is -2.41. The van der Waals surface area contributed by atoms with E-state index in [-0.39, 0.29) is 13.0 Å². The van der Waals surface area contributed by atoms with Crippen molar-refractivity contribution in [2.45, 2.75) is 262 Å². The summed E-state index contributed by atoms with van der Waals surface area (Å²) in [5, 5.41) is 50.2. The van der Waals surface area contributed by atoms with Crippen molar-refractivity contribution >= 4 is 13.8 Å². The number of unbranched alkanes of at least 4 members (excludes halogenated alkanes) is 28. The van der Waals surface area contributed by atoms with E-state index in [1.54, 1.807) is 0 Å². The lowest BCUT2D eigenvalue weighted by Crippen LogP contribution is -2.64. The van der Waals surface area contributed by atoms with Gasteiger partial charge in [-0.3, -0.25) is 13.8 Å². The number of rotatable bonds is 42. The molecule has 0 aliphatic heterocycles. The van der Waals surface area contributed by atoms with E-state index in [1.807, 2.05) is 0 Å². The van der Waals surface area contributed by atoms with Gasteiger partial charge >= 0.3 is 13.8 Å². The number of phosphoric ester groups is 1. The van der Waals surface area contributed by atoms with Gasteiger partial charge in [-0.2, -0.15) is 0 Å². The summed E-state index contributed by atoms with van der Waals surface area (Å²) >= 11 is 0. The van der Waals surface area contributed by atoms with Gasteiger partial charge in [0.1, 0.15) is 42.7 Å². The van der Waals surface area contributed by atoms with Gasteiger partial charge in [-0.05, 0) is 38.5 Å². The van der Waals surface area contributed by atoms with E-state index in [1.165, 1.54) is 141 Å². The molecule has 0 bridgehead atoms. The molecule has 1 rings (SSSR count). The SMILES string of the molecule is CCCCCC/C=C\CCCCCCCCOCC(COP(=O)(O)OC1C(O)C(O)C(O)C(O)C1O)OC(=O)CCCCCCCCCCCCCCCCCCCCC. The van der Waals surface area contributed by atoms with Crippen molar-refractivity contribution < 1.29 is 58.3 Å². The number of phosphoric acid groups is 1. The summed E-state index contributed by atoms with van der Waals surface area (Å²) in [7, 11) is -5.01. The van der Waals surface area contributed by atoms with Crippen molar-refractivity contribution in [2.75, 3.05) is 19.8 Å². The predicted octanol–water partition coefficient (Wildman–Crippen LogP) is 10.3. The van der Waals surface area contributed by atoms with Gasteiger partial charge in [-0.1, -0.05) is 187 Å². The van der Waals surface area contributed by atoms with Crippen molar-refractivity contribution in [3.05, 3.63) is 12.2 Å². The van der Waals surface area contributed by atoms with Crippen LogP contribution in [0.15, 0.2) is 12.2 Å². The minimum absolute atomic E-state index is 0.0754. The van der Waals surface area contributed by atoms with Crippen molar-refractivity contribution in [2.24, 2.45) is 0 Å². The molecule has 0 spiro atoms. The minimum Gasteiger partial charge on any atom is -0.457 e. The van der Waals surface area contributed by atoms with Crippen molar-refractivity contribution in [1.29, 1.82) is 0 Å². The molecule has 356 valence electrons. The van der Waals surface area contributed by atoms with Gasteiger partial charge in [-0.25, -0.2) is 4.57 Å². The first-order chi connectivity index (χ1) is 29.0. The Morgan fingerprint density at radius 1 is 0.517 bits per heavy atom. The first kappa shape index (κ1) is 57.1. The van der Waals surface area contributed by atoms with Gasteiger partial charge in [0.15, 0.2) is 0 Å². The number of hydrogen-bond acceptors (Lipinski definition) is 11. The van der Waals surface area contributed by atoms with Crippen LogP contribution in [-0.2, 0) is 27.9 Å². The molecule has 13 heteroatoms. The van der Waals surface area contributed by atoms with E-state index in [9.17, 15) is 39.8 Å². The molecule has 60 heavy (non-hydrogen) atoms. The molecule has 0 amide bonds. The third kappa shape index (κ3) is 30.2. The Balaban J connectivity index is 2.35. The smallest absolute Gasteiger partial charge is 0.457 e. The summed E-state index contributed by atoms with van der Waals surface area (Å²) < 4.78 is 34.2. The van der Waals surface area contributed by atoms with Crippen LogP contribution in [0, 0.1) is 0 Å². The molecule has 0 heterocycles. The van der Waals surface area contributed by atoms with Crippen molar-refractivity contribution in [3.63, 3.8) is 0 Å². The Bertz CT molecular complexity index is 1050. The van der Waals surface area contributed by atoms with Crippen LogP contribution in [0.3, 0.4) is 0 Å². The highest BCUT2D eigenvalue weighted by atomic mass is 31.2. The number of allylic oxidation sites excluding steroid dienone is 2. The second kappa shape index (κ2) is 38.5. The van der Waals surface area contributed by atoms with Crippen LogP contribution < -0.4 is 0 Å². The van der Waals surface area contributed by atoms with Crippen LogP contribution in [0.5, 0.6) is 0 Å². The molecular formula is C47H91O12P. The highest BCUT2D eigenvalue weighted by Gasteiger charge is 2.51. The largest absolute Gasteiger partial charge is 0.472 e. The van der Waals surface area contributed by atoms with Crippen LogP contribution in [-0.4, -0.2) is 98.9 Å². The second-order valence-electron chi connectivity index (χ2n) is 17.3. The fourth-order valence-electron chi connectivity index (χ4n) is 7.70. The average molecular weight is 879 g/mol. The monoisotopic (exact) mass is 879 g/mol. The number of esters is 1. The predicted molar refractivity (Wildman–Crippen MR) is 240 cm³/mol. The van der Waals surface area contributed by atoms with Gasteiger partial charge in [0, 0.05) is 13.0 Å². The molecule has 1 aliphatic carbocycles. The Morgan fingerprint density at radius 3 is 1.33 bits per heavy atom. The molecular weight excluding hydrogens is 787 g/mol. The maximum absolute atomic E-state index is 12.8. The van der Waals surface area contributed by atoms with Crippen molar-refractivity contribution in [1.82, 2.24) is 0 Å². The maximum atomic E-state index is 12.8. The van der Waals surface area contributed by atoms with Gasteiger partial charge in [0.2, 0.25) is 0 Å². The summed E-state index contributed by atoms with van der Waals surface area (Å²) in [5.74, 6) is -0.474. The molecule has 0 radical (unpaired) electrons. The van der Waals surface area contributed by atoms with E-state index < -0.39 is 63.1 Å². The first-order valence-electron chi connectivity index (χ1n) is 24.5. The number of hydrogen-bond donors (Lipinski definition) is 6. The van der Waals surface area contributed by atoms with Crippen LogP contribution in [0.4, 0.5) is 0 Å². The zero-order valence-corrected chi connectivity index (χ0v) is 38.9. The zero-order valence-electron chi connectivity index (χ0n) is 38.0. The van der Waals surface area contributed by atoms with Crippen LogP contribution in [0.25, 0.3) is 0 Å². The van der Waals surface area contributed by atoms with Crippen molar-refractivity contribution in [3.8, 4) is 0 Å². The third-order valence-corrected chi connectivity index (χ3v) is 12.6. The number of aliphatic hydroxyl groups is 5. The fraction of sp³-hybridized carbons (Fsp3) is 0.936. The quantitative estimate of drug-likeness (QED) is 0.0147. The lowest BCUT2D eigenvalue weighted by atomic mass is 9.85. The summed E-state index contributed by atoms with van der Waals surface area (Å²) in [4.78, 5) is 23.2. The highest BCUT2D eigenvalue weighted by molar-refractivity contribution is 7.47. The topological polar surface area (TPSA) is 192 Å². The van der Waals surface area contributed by atoms with Gasteiger partial charge in [0.25, 0.3) is 0 Å². The molecule has 6 atom stereocenters. The zero-order chi connectivity index (χ0) is 44.1. The minimum atomic E-state index is -5.01. The van der Waals surface area contributed by atoms with E-state index >= 15 is 0 Å². The fourth-order valence-corrected chi connectivity index (χ4v) is 8.68. The molecule has 6 unspecified atom stereocenters. The molecule has 0 aromatic rings. The summed E-state index contributed by atoms with van der Waals surface area (Å²) in [6, 6.07) is 0. The van der Waals surface area contributed by atoms with Gasteiger partial charge < -0.3 is 39.9 Å². The summed E-state index contributed by atoms with van der Waals surface area (Å²) in [5.41, 5.74) is 0. The highest BCUT2D eigenvalue weighted by Crippen LogP contribution is 2.47. The van der Waals surface area contributed by atoms with Gasteiger partial charge in [-0.15, -0.1) is 0 Å². The normalized spacial score (nSPS) is 22.3. The molecule has 0 aromatic heterocycles. The number of ether oxygens (including phenoxy) is 2. The Labute approximate surface area is 365 Å². The Kier molecular flexibility index (Phi) is 36.7. The lowest BCUT2D eigenvalue weighted by molar-refractivity contribution is -0.220. The Morgan fingerprint density at radius 2 is 0.883 bits per heavy atom. The van der Waals surface area contributed by atoms with Gasteiger partial charge in [0.05, 0.1) is 13.2 Å². The third-order valence-electron chi connectivity index (χ3n) is 11.6. The molecule has 1 fully saturated rings. The Hall–Kier alpha value is -0.920. The van der Waals surface area contributed by atoms with Crippen LogP contribution in [0.1, 0.15) is 219 Å². The molecule has 0 aromatic carbocycles. The summed E-state index contributed by atoms with van der Waals surface area (Å²) in [6.45, 7) is 4.26. The van der Waals surface area contributed by atoms with E-state index in [0.717, 1.165) is 51.4 Å².